The first-order valence-corrected chi connectivity index (χ1v) is 7.21. The van der Waals surface area contributed by atoms with Crippen molar-refractivity contribution in [2.45, 2.75) is 19.8 Å². The minimum absolute atomic E-state index is 0.162. The highest BCUT2D eigenvalue weighted by Crippen LogP contribution is 2.31. The van der Waals surface area contributed by atoms with Gasteiger partial charge in [0.15, 0.2) is 0 Å². The Bertz CT molecular complexity index is 493. The van der Waals surface area contributed by atoms with E-state index in [-0.39, 0.29) is 6.61 Å². The molecule has 90 valence electrons. The van der Waals surface area contributed by atoms with Gasteiger partial charge in [0.1, 0.15) is 9.61 Å². The van der Waals surface area contributed by atoms with Crippen LogP contribution in [0.15, 0.2) is 28.9 Å². The molecule has 0 aliphatic rings. The number of hydrogen-bond donors (Lipinski definition) is 1. The molecule has 0 amide bonds. The van der Waals surface area contributed by atoms with Gasteiger partial charge in [0.05, 0.1) is 0 Å². The molecule has 0 spiro atoms. The van der Waals surface area contributed by atoms with Crippen LogP contribution < -0.4 is 0 Å². The summed E-state index contributed by atoms with van der Waals surface area (Å²) in [6.45, 7) is 2.31. The van der Waals surface area contributed by atoms with Gasteiger partial charge in [-0.25, -0.2) is 4.98 Å². The number of aliphatic hydroxyl groups is 1. The minimum Gasteiger partial charge on any atom is -0.396 e. The molecule has 2 rings (SSSR count). The first kappa shape index (κ1) is 12.7. The van der Waals surface area contributed by atoms with E-state index in [1.807, 2.05) is 0 Å². The second kappa shape index (κ2) is 5.76. The molecule has 0 unspecified atom stereocenters. The molecular formula is C13H14BrNOS. The summed E-state index contributed by atoms with van der Waals surface area (Å²) in [6, 6.07) is 8.48. The maximum atomic E-state index is 8.95. The number of benzene rings is 1. The monoisotopic (exact) mass is 311 g/mol. The largest absolute Gasteiger partial charge is 0.396 e. The molecule has 1 heterocycles. The number of rotatable bonds is 4. The van der Waals surface area contributed by atoms with E-state index >= 15 is 0 Å². The fraction of sp³-hybridized carbons (Fsp3) is 0.308. The van der Waals surface area contributed by atoms with Crippen LogP contribution in [-0.2, 0) is 12.8 Å². The molecule has 0 fully saturated rings. The smallest absolute Gasteiger partial charge is 0.124 e. The summed E-state index contributed by atoms with van der Waals surface area (Å²) in [5.41, 5.74) is 2.47. The first-order chi connectivity index (χ1) is 8.24. The van der Waals surface area contributed by atoms with Gasteiger partial charge in [0, 0.05) is 23.5 Å². The van der Waals surface area contributed by atoms with Crippen molar-refractivity contribution >= 4 is 27.3 Å². The fourth-order valence-corrected chi connectivity index (χ4v) is 3.28. The topological polar surface area (TPSA) is 33.1 Å². The van der Waals surface area contributed by atoms with Crippen molar-refractivity contribution in [1.82, 2.24) is 4.98 Å². The number of thiazole rings is 1. The zero-order chi connectivity index (χ0) is 12.3. The zero-order valence-corrected chi connectivity index (χ0v) is 12.0. The highest BCUT2D eigenvalue weighted by Gasteiger charge is 2.09. The molecule has 0 aliphatic heterocycles. The van der Waals surface area contributed by atoms with Crippen molar-refractivity contribution in [3.05, 3.63) is 39.3 Å². The SMILES string of the molecule is CCc1ccc(-c2nc(Br)c(CCO)s2)cc1. The van der Waals surface area contributed by atoms with Gasteiger partial charge in [0.25, 0.3) is 0 Å². The number of aliphatic hydroxyl groups excluding tert-OH is 1. The van der Waals surface area contributed by atoms with Crippen LogP contribution in [0.2, 0.25) is 0 Å². The van der Waals surface area contributed by atoms with Gasteiger partial charge in [0.2, 0.25) is 0 Å². The van der Waals surface area contributed by atoms with Crippen LogP contribution >= 0.6 is 27.3 Å². The number of hydrogen-bond acceptors (Lipinski definition) is 3. The van der Waals surface area contributed by atoms with Crippen molar-refractivity contribution in [3.8, 4) is 10.6 Å². The van der Waals surface area contributed by atoms with Crippen LogP contribution in [0.4, 0.5) is 0 Å². The fourth-order valence-electron chi connectivity index (χ4n) is 1.60. The predicted molar refractivity (Wildman–Crippen MR) is 75.4 cm³/mol. The molecule has 2 nitrogen and oxygen atoms in total. The number of halogens is 1. The molecule has 0 bridgehead atoms. The van der Waals surface area contributed by atoms with Crippen LogP contribution in [0, 0.1) is 0 Å². The van der Waals surface area contributed by atoms with E-state index in [0.717, 1.165) is 26.5 Å². The lowest BCUT2D eigenvalue weighted by Gasteiger charge is -1.98. The highest BCUT2D eigenvalue weighted by molar-refractivity contribution is 9.10. The molecule has 1 aromatic heterocycles. The van der Waals surface area contributed by atoms with E-state index in [0.29, 0.717) is 6.42 Å². The molecular weight excluding hydrogens is 298 g/mol. The quantitative estimate of drug-likeness (QED) is 0.934. The summed E-state index contributed by atoms with van der Waals surface area (Å²) in [5.74, 6) is 0. The number of nitrogens with zero attached hydrogens (tertiary/aromatic N) is 1. The van der Waals surface area contributed by atoms with Crippen molar-refractivity contribution in [2.75, 3.05) is 6.61 Å². The summed E-state index contributed by atoms with van der Waals surface area (Å²) >= 11 is 5.06. The molecule has 17 heavy (non-hydrogen) atoms. The van der Waals surface area contributed by atoms with E-state index < -0.39 is 0 Å². The molecule has 2 aromatic rings. The summed E-state index contributed by atoms with van der Waals surface area (Å²) in [6.07, 6.45) is 1.71. The minimum atomic E-state index is 0.162. The molecule has 4 heteroatoms. The van der Waals surface area contributed by atoms with E-state index in [1.54, 1.807) is 11.3 Å². The van der Waals surface area contributed by atoms with Gasteiger partial charge in [-0.3, -0.25) is 0 Å². The van der Waals surface area contributed by atoms with Crippen LogP contribution in [-0.4, -0.2) is 16.7 Å². The highest BCUT2D eigenvalue weighted by atomic mass is 79.9. The van der Waals surface area contributed by atoms with Gasteiger partial charge in [-0.05, 0) is 27.9 Å². The summed E-state index contributed by atoms with van der Waals surface area (Å²) in [4.78, 5) is 5.58. The second-order valence-electron chi connectivity index (χ2n) is 3.76. The normalized spacial score (nSPS) is 10.8. The Morgan fingerprint density at radius 2 is 2.00 bits per heavy atom. The molecule has 0 atom stereocenters. The lowest BCUT2D eigenvalue weighted by atomic mass is 10.1. The third-order valence-electron chi connectivity index (χ3n) is 2.60. The van der Waals surface area contributed by atoms with E-state index in [9.17, 15) is 0 Å². The Balaban J connectivity index is 2.29. The van der Waals surface area contributed by atoms with Crippen molar-refractivity contribution < 1.29 is 5.11 Å². The zero-order valence-electron chi connectivity index (χ0n) is 9.61. The summed E-state index contributed by atoms with van der Waals surface area (Å²) in [5, 5.41) is 9.95. The number of aryl methyl sites for hydroxylation is 1. The second-order valence-corrected chi connectivity index (χ2v) is 5.59. The van der Waals surface area contributed by atoms with E-state index in [1.165, 1.54) is 5.56 Å². The van der Waals surface area contributed by atoms with Gasteiger partial charge >= 0.3 is 0 Å². The average molecular weight is 312 g/mol. The molecule has 1 N–H and O–H groups in total. The third-order valence-corrected chi connectivity index (χ3v) is 4.68. The lowest BCUT2D eigenvalue weighted by molar-refractivity contribution is 0.300. The Morgan fingerprint density at radius 1 is 1.29 bits per heavy atom. The Morgan fingerprint density at radius 3 is 2.59 bits per heavy atom. The van der Waals surface area contributed by atoms with Crippen LogP contribution in [0.3, 0.4) is 0 Å². The van der Waals surface area contributed by atoms with Gasteiger partial charge in [-0.15, -0.1) is 11.3 Å². The maximum Gasteiger partial charge on any atom is 0.124 e. The van der Waals surface area contributed by atoms with Gasteiger partial charge in [-0.2, -0.15) is 0 Å². The Hall–Kier alpha value is -0.710. The maximum absolute atomic E-state index is 8.95. The van der Waals surface area contributed by atoms with Crippen LogP contribution in [0.1, 0.15) is 17.4 Å². The van der Waals surface area contributed by atoms with Crippen molar-refractivity contribution in [1.29, 1.82) is 0 Å². The molecule has 0 saturated carbocycles. The summed E-state index contributed by atoms with van der Waals surface area (Å²) in [7, 11) is 0. The van der Waals surface area contributed by atoms with Crippen molar-refractivity contribution in [3.63, 3.8) is 0 Å². The average Bonchev–Trinajstić information content (AvgIpc) is 2.72. The lowest BCUT2D eigenvalue weighted by Crippen LogP contribution is -1.86. The third kappa shape index (κ3) is 2.94. The molecule has 1 aromatic carbocycles. The van der Waals surface area contributed by atoms with Crippen LogP contribution in [0.5, 0.6) is 0 Å². The van der Waals surface area contributed by atoms with Crippen molar-refractivity contribution in [2.24, 2.45) is 0 Å². The van der Waals surface area contributed by atoms with E-state index in [2.05, 4.69) is 52.1 Å². The standard InChI is InChI=1S/C13H14BrNOS/c1-2-9-3-5-10(6-4-9)13-15-12(14)11(17-13)7-8-16/h3-6,16H,2,7-8H2,1H3. The van der Waals surface area contributed by atoms with E-state index in [4.69, 9.17) is 5.11 Å². The first-order valence-electron chi connectivity index (χ1n) is 5.60. The Kier molecular flexibility index (Phi) is 4.31. The van der Waals surface area contributed by atoms with Gasteiger partial charge < -0.3 is 5.11 Å². The van der Waals surface area contributed by atoms with Crippen LogP contribution in [0.25, 0.3) is 10.6 Å². The molecule has 0 radical (unpaired) electrons. The summed E-state index contributed by atoms with van der Waals surface area (Å²) < 4.78 is 0.853. The van der Waals surface area contributed by atoms with Gasteiger partial charge in [-0.1, -0.05) is 31.2 Å². The Labute approximate surface area is 113 Å². The molecule has 0 aliphatic carbocycles. The predicted octanol–water partition coefficient (Wildman–Crippen LogP) is 3.67. The number of aromatic nitrogens is 1. The molecule has 0 saturated heterocycles.